The normalized spacial score (nSPS) is 22.5. The zero-order chi connectivity index (χ0) is 24.6. The average molecular weight is 504 g/mol. The number of aliphatic hydroxyl groups is 1. The van der Waals surface area contributed by atoms with Crippen molar-refractivity contribution in [2.24, 2.45) is 0 Å². The van der Waals surface area contributed by atoms with Gasteiger partial charge in [0, 0.05) is 30.1 Å². The summed E-state index contributed by atoms with van der Waals surface area (Å²) in [5.41, 5.74) is 3.20. The monoisotopic (exact) mass is 503 g/mol. The summed E-state index contributed by atoms with van der Waals surface area (Å²) in [6.45, 7) is 0.986. The molecule has 0 bridgehead atoms. The van der Waals surface area contributed by atoms with Crippen LogP contribution in [0.4, 0.5) is 23.3 Å². The average Bonchev–Trinajstić information content (AvgIpc) is 3.42. The molecule has 182 valence electrons. The van der Waals surface area contributed by atoms with Gasteiger partial charge in [-0.2, -0.15) is 10.1 Å². The minimum Gasteiger partial charge on any atom is -0.497 e. The van der Waals surface area contributed by atoms with Gasteiger partial charge in [-0.15, -0.1) is 0 Å². The predicted molar refractivity (Wildman–Crippen MR) is 135 cm³/mol. The highest BCUT2D eigenvalue weighted by atomic mass is 35.5. The summed E-state index contributed by atoms with van der Waals surface area (Å²) in [6, 6.07) is 11.8. The highest BCUT2D eigenvalue weighted by Crippen LogP contribution is 2.65. The van der Waals surface area contributed by atoms with Gasteiger partial charge in [0.2, 0.25) is 11.9 Å². The van der Waals surface area contributed by atoms with Gasteiger partial charge in [0.15, 0.2) is 11.6 Å². The molecule has 1 amide bonds. The third-order valence-electron chi connectivity index (χ3n) is 7.42. The molecule has 0 unspecified atom stereocenters. The van der Waals surface area contributed by atoms with Gasteiger partial charge in [0.1, 0.15) is 10.8 Å². The molecular formula is C25H22ClN7O3. The molecule has 4 N–H and O–H groups in total. The number of aliphatic hydroxyl groups excluding tert-OH is 1. The van der Waals surface area contributed by atoms with Gasteiger partial charge in [0.05, 0.1) is 30.3 Å². The molecule has 4 aromatic rings. The SMILES string of the molecule is COc1ccc2c(c1)[C@]1(C[C@H]1c1ccc3c(Nc4nc(N5CC(O)C5)ncc4Cl)n[nH]c3c1)C(=O)N2. The fourth-order valence-corrected chi connectivity index (χ4v) is 5.51. The smallest absolute Gasteiger partial charge is 0.235 e. The van der Waals surface area contributed by atoms with E-state index in [1.807, 2.05) is 41.3 Å². The number of methoxy groups -OCH3 is 1. The number of amides is 1. The quantitative estimate of drug-likeness (QED) is 0.326. The molecule has 2 atom stereocenters. The minimum atomic E-state index is -0.562. The van der Waals surface area contributed by atoms with Crippen LogP contribution in [-0.2, 0) is 10.2 Å². The summed E-state index contributed by atoms with van der Waals surface area (Å²) >= 11 is 6.34. The van der Waals surface area contributed by atoms with Crippen molar-refractivity contribution >= 4 is 51.7 Å². The van der Waals surface area contributed by atoms with E-state index in [1.54, 1.807) is 7.11 Å². The Morgan fingerprint density at radius 2 is 2.08 bits per heavy atom. The predicted octanol–water partition coefficient (Wildman–Crippen LogP) is 3.32. The molecule has 1 saturated heterocycles. The van der Waals surface area contributed by atoms with Crippen LogP contribution in [0.1, 0.15) is 23.5 Å². The number of rotatable bonds is 5. The van der Waals surface area contributed by atoms with Gasteiger partial charge in [-0.3, -0.25) is 9.89 Å². The summed E-state index contributed by atoms with van der Waals surface area (Å²) in [5, 5.41) is 24.6. The summed E-state index contributed by atoms with van der Waals surface area (Å²) in [6.07, 6.45) is 1.92. The fourth-order valence-electron chi connectivity index (χ4n) is 5.38. The second-order valence-electron chi connectivity index (χ2n) is 9.52. The number of nitrogens with zero attached hydrogens (tertiary/aromatic N) is 4. The van der Waals surface area contributed by atoms with Gasteiger partial charge in [-0.05, 0) is 47.9 Å². The largest absolute Gasteiger partial charge is 0.497 e. The van der Waals surface area contributed by atoms with Crippen LogP contribution in [0, 0.1) is 0 Å². The van der Waals surface area contributed by atoms with Crippen molar-refractivity contribution < 1.29 is 14.6 Å². The molecule has 2 aromatic carbocycles. The molecule has 2 fully saturated rings. The maximum atomic E-state index is 13.0. The number of anilines is 4. The fraction of sp³-hybridized carbons (Fsp3) is 0.280. The molecule has 1 aliphatic carbocycles. The topological polar surface area (TPSA) is 128 Å². The lowest BCUT2D eigenvalue weighted by Crippen LogP contribution is -2.51. The lowest BCUT2D eigenvalue weighted by Gasteiger charge is -2.35. The van der Waals surface area contributed by atoms with Crippen LogP contribution >= 0.6 is 11.6 Å². The van der Waals surface area contributed by atoms with Crippen LogP contribution in [0.25, 0.3) is 10.9 Å². The molecule has 7 rings (SSSR count). The Hall–Kier alpha value is -3.89. The Balaban J connectivity index is 1.17. The van der Waals surface area contributed by atoms with E-state index >= 15 is 0 Å². The highest BCUT2D eigenvalue weighted by molar-refractivity contribution is 6.33. The van der Waals surface area contributed by atoms with Crippen molar-refractivity contribution in [2.45, 2.75) is 23.9 Å². The van der Waals surface area contributed by atoms with Crippen LogP contribution in [0.15, 0.2) is 42.6 Å². The maximum absolute atomic E-state index is 13.0. The number of benzene rings is 2. The number of fused-ring (bicyclic) bond motifs is 3. The minimum absolute atomic E-state index is 0.0340. The Morgan fingerprint density at radius 1 is 1.22 bits per heavy atom. The lowest BCUT2D eigenvalue weighted by molar-refractivity contribution is -0.118. The van der Waals surface area contributed by atoms with Crippen molar-refractivity contribution in [3.63, 3.8) is 0 Å². The summed E-state index contributed by atoms with van der Waals surface area (Å²) in [5.74, 6) is 2.38. The number of halogens is 1. The summed E-state index contributed by atoms with van der Waals surface area (Å²) in [7, 11) is 1.63. The molecule has 2 aromatic heterocycles. The third kappa shape index (κ3) is 3.07. The molecule has 4 heterocycles. The van der Waals surface area contributed by atoms with E-state index in [1.165, 1.54) is 6.20 Å². The molecule has 36 heavy (non-hydrogen) atoms. The second-order valence-corrected chi connectivity index (χ2v) is 9.93. The Bertz CT molecular complexity index is 1550. The van der Waals surface area contributed by atoms with E-state index in [0.717, 1.165) is 39.9 Å². The molecular weight excluding hydrogens is 482 g/mol. The molecule has 3 aliphatic rings. The standard InChI is InChI=1S/C25H22ClN7O3/c1-36-14-3-5-19-16(7-14)25(23(35)28-19)8-17(25)12-2-4-15-20(6-12)31-32-21(15)29-22-18(26)9-27-24(30-22)33-10-13(34)11-33/h2-7,9,13,17,34H,8,10-11H2,1H3,(H,28,35)(H2,27,29,30,31,32)/t17-,25-/m0/s1. The number of aromatic amines is 1. The first-order chi connectivity index (χ1) is 17.5. The lowest BCUT2D eigenvalue weighted by atomic mass is 9.91. The second kappa shape index (κ2) is 7.55. The first-order valence-corrected chi connectivity index (χ1v) is 12.0. The van der Waals surface area contributed by atoms with Gasteiger partial charge in [0.25, 0.3) is 0 Å². The number of hydrogen-bond donors (Lipinski definition) is 4. The van der Waals surface area contributed by atoms with Gasteiger partial charge in [-0.1, -0.05) is 17.7 Å². The van der Waals surface area contributed by atoms with E-state index < -0.39 is 5.41 Å². The molecule has 1 saturated carbocycles. The Morgan fingerprint density at radius 3 is 2.89 bits per heavy atom. The van der Waals surface area contributed by atoms with Gasteiger partial charge < -0.3 is 25.4 Å². The van der Waals surface area contributed by atoms with Crippen molar-refractivity contribution in [1.82, 2.24) is 20.2 Å². The molecule has 0 radical (unpaired) electrons. The third-order valence-corrected chi connectivity index (χ3v) is 7.70. The maximum Gasteiger partial charge on any atom is 0.235 e. The number of carbonyl (C=O) groups excluding carboxylic acids is 1. The first kappa shape index (κ1) is 21.4. The van der Waals surface area contributed by atoms with Crippen LogP contribution in [0.2, 0.25) is 5.02 Å². The van der Waals surface area contributed by atoms with E-state index in [-0.39, 0.29) is 17.9 Å². The van der Waals surface area contributed by atoms with E-state index in [2.05, 4.69) is 30.8 Å². The number of hydrogen-bond acceptors (Lipinski definition) is 8. The number of nitrogens with one attached hydrogen (secondary N) is 3. The van der Waals surface area contributed by atoms with E-state index in [9.17, 15) is 9.90 Å². The van der Waals surface area contributed by atoms with Gasteiger partial charge in [-0.25, -0.2) is 4.98 Å². The zero-order valence-corrected chi connectivity index (χ0v) is 20.0. The van der Waals surface area contributed by atoms with E-state index in [0.29, 0.717) is 35.7 Å². The number of carbonyl (C=O) groups is 1. The van der Waals surface area contributed by atoms with Gasteiger partial charge >= 0.3 is 0 Å². The zero-order valence-electron chi connectivity index (χ0n) is 19.2. The van der Waals surface area contributed by atoms with Crippen molar-refractivity contribution in [1.29, 1.82) is 0 Å². The van der Waals surface area contributed by atoms with Crippen LogP contribution in [-0.4, -0.2) is 57.5 Å². The molecule has 11 heteroatoms. The number of aromatic nitrogens is 4. The highest BCUT2D eigenvalue weighted by Gasteiger charge is 2.65. The number of ether oxygens (including phenoxy) is 1. The molecule has 1 spiro atoms. The van der Waals surface area contributed by atoms with Crippen molar-refractivity contribution in [2.75, 3.05) is 35.7 Å². The number of H-pyrrole nitrogens is 1. The Kier molecular flexibility index (Phi) is 4.49. The van der Waals surface area contributed by atoms with Crippen LogP contribution in [0.5, 0.6) is 5.75 Å². The molecule has 2 aliphatic heterocycles. The van der Waals surface area contributed by atoms with Crippen molar-refractivity contribution in [3.8, 4) is 5.75 Å². The Labute approximate surface area is 210 Å². The van der Waals surface area contributed by atoms with Crippen LogP contribution < -0.4 is 20.3 Å². The summed E-state index contributed by atoms with van der Waals surface area (Å²) < 4.78 is 5.40. The van der Waals surface area contributed by atoms with Crippen molar-refractivity contribution in [3.05, 3.63) is 58.7 Å². The first-order valence-electron chi connectivity index (χ1n) is 11.7. The number of β-amino-alcohol motifs (C(OH)–C–C–N with tert-alkyl or cyclic N) is 1. The summed E-state index contributed by atoms with van der Waals surface area (Å²) in [4.78, 5) is 23.6. The molecule has 10 nitrogen and oxygen atoms in total. The van der Waals surface area contributed by atoms with E-state index in [4.69, 9.17) is 16.3 Å². The van der Waals surface area contributed by atoms with Crippen LogP contribution in [0.3, 0.4) is 0 Å².